The van der Waals surface area contributed by atoms with E-state index in [1.54, 1.807) is 0 Å². The molecule has 0 aliphatic carbocycles. The lowest BCUT2D eigenvalue weighted by Crippen LogP contribution is -2.04. The van der Waals surface area contributed by atoms with Crippen LogP contribution in [0, 0.1) is 0 Å². The molecule has 2 N–H and O–H groups in total. The molecular formula is C4H4N2O3S2. The number of hydrogen-bond donors (Lipinski definition) is 2. The van der Waals surface area contributed by atoms with Crippen molar-refractivity contribution in [1.82, 2.24) is 0 Å². The lowest BCUT2D eigenvalue weighted by molar-refractivity contribution is -0.105. The van der Waals surface area contributed by atoms with Crippen LogP contribution in [-0.4, -0.2) is 19.2 Å². The topological polar surface area (TPSA) is 89.6 Å². The molecule has 0 unspecified atom stereocenters. The maximum absolute atomic E-state index is 10.7. The van der Waals surface area contributed by atoms with Crippen LogP contribution in [0.25, 0.3) is 0 Å². The highest BCUT2D eigenvalue weighted by Gasteiger charge is 2.23. The zero-order valence-corrected chi connectivity index (χ0v) is 6.89. The molecule has 0 amide bonds. The van der Waals surface area contributed by atoms with Crippen molar-refractivity contribution in [3.8, 4) is 0 Å². The van der Waals surface area contributed by atoms with E-state index in [9.17, 15) is 13.2 Å². The highest BCUT2D eigenvalue weighted by atomic mass is 32.2. The van der Waals surface area contributed by atoms with Gasteiger partial charge in [0.15, 0.2) is 5.03 Å². The van der Waals surface area contributed by atoms with Crippen molar-refractivity contribution >= 4 is 33.5 Å². The number of nitrogens with zero attached hydrogens (tertiary/aromatic N) is 1. The Morgan fingerprint density at radius 1 is 1.64 bits per heavy atom. The van der Waals surface area contributed by atoms with E-state index in [-0.39, 0.29) is 5.71 Å². The molecule has 0 spiro atoms. The average molecular weight is 192 g/mol. The Hall–Kier alpha value is -0.820. The van der Waals surface area contributed by atoms with Gasteiger partial charge >= 0.3 is 0 Å². The molecule has 60 valence electrons. The normalized spacial score (nSPS) is 20.8. The summed E-state index contributed by atoms with van der Waals surface area (Å²) in [5.41, 5.74) is 4.77. The summed E-state index contributed by atoms with van der Waals surface area (Å²) in [5.74, 6) is 0. The summed E-state index contributed by atoms with van der Waals surface area (Å²) in [5, 5.41) is -1.14. The third-order valence-corrected chi connectivity index (χ3v) is 2.39. The van der Waals surface area contributed by atoms with Gasteiger partial charge in [0.05, 0.1) is 0 Å². The third-order valence-electron chi connectivity index (χ3n) is 1.01. The smallest absolute Gasteiger partial charge is 0.297 e. The maximum atomic E-state index is 10.7. The van der Waals surface area contributed by atoms with Gasteiger partial charge < -0.3 is 5.73 Å². The summed E-state index contributed by atoms with van der Waals surface area (Å²) < 4.78 is 24.5. The van der Waals surface area contributed by atoms with E-state index in [1.165, 1.54) is 0 Å². The number of thiol groups is 1. The van der Waals surface area contributed by atoms with Crippen LogP contribution < -0.4 is 5.73 Å². The SMILES string of the molecule is NC1=CC(C(=O)S)=NS1(=O)=O. The molecule has 0 aromatic heterocycles. The van der Waals surface area contributed by atoms with E-state index in [0.29, 0.717) is 0 Å². The lowest BCUT2D eigenvalue weighted by Gasteiger charge is -1.85. The van der Waals surface area contributed by atoms with Crippen LogP contribution in [0.1, 0.15) is 0 Å². The first kappa shape index (κ1) is 8.28. The van der Waals surface area contributed by atoms with E-state index in [0.717, 1.165) is 6.08 Å². The molecule has 0 aromatic rings. The van der Waals surface area contributed by atoms with Gasteiger partial charge in [0.2, 0.25) is 5.12 Å². The molecule has 0 fully saturated rings. The second-order valence-corrected chi connectivity index (χ2v) is 3.81. The van der Waals surface area contributed by atoms with E-state index < -0.39 is 20.2 Å². The number of allylic oxidation sites excluding steroid dienone is 1. The number of nitrogens with two attached hydrogens (primary N) is 1. The molecule has 0 bridgehead atoms. The first-order valence-corrected chi connectivity index (χ1v) is 4.37. The Morgan fingerprint density at radius 3 is 2.36 bits per heavy atom. The number of rotatable bonds is 1. The fraction of sp³-hybridized carbons (Fsp3) is 0. The minimum absolute atomic E-state index is 0.245. The lowest BCUT2D eigenvalue weighted by atomic mass is 10.4. The van der Waals surface area contributed by atoms with Crippen LogP contribution in [0.2, 0.25) is 0 Å². The molecule has 1 aliphatic rings. The Kier molecular flexibility index (Phi) is 1.77. The summed E-state index contributed by atoms with van der Waals surface area (Å²) in [6.07, 6.45) is 0.977. The fourth-order valence-electron chi connectivity index (χ4n) is 0.519. The average Bonchev–Trinajstić information content (AvgIpc) is 2.08. The number of sulfonamides is 1. The quantitative estimate of drug-likeness (QED) is 0.523. The first-order chi connectivity index (χ1) is 4.93. The highest BCUT2D eigenvalue weighted by Crippen LogP contribution is 2.12. The third kappa shape index (κ3) is 1.43. The second kappa shape index (κ2) is 2.35. The van der Waals surface area contributed by atoms with Crippen molar-refractivity contribution in [2.45, 2.75) is 0 Å². The van der Waals surface area contributed by atoms with Crippen LogP contribution in [0.15, 0.2) is 15.5 Å². The van der Waals surface area contributed by atoms with Crippen molar-refractivity contribution in [2.24, 2.45) is 10.1 Å². The van der Waals surface area contributed by atoms with Crippen molar-refractivity contribution in [2.75, 3.05) is 0 Å². The van der Waals surface area contributed by atoms with Gasteiger partial charge in [-0.25, -0.2) is 0 Å². The minimum atomic E-state index is -3.76. The zero-order valence-electron chi connectivity index (χ0n) is 5.18. The molecule has 1 heterocycles. The summed E-state index contributed by atoms with van der Waals surface area (Å²) in [4.78, 5) is 10.4. The van der Waals surface area contributed by atoms with Gasteiger partial charge in [-0.2, -0.15) is 12.8 Å². The fourth-order valence-corrected chi connectivity index (χ4v) is 1.46. The number of carbonyl (C=O) groups excluding carboxylic acids is 1. The van der Waals surface area contributed by atoms with Crippen LogP contribution >= 0.6 is 12.6 Å². The Morgan fingerprint density at radius 2 is 2.18 bits per heavy atom. The van der Waals surface area contributed by atoms with Crippen molar-refractivity contribution in [1.29, 1.82) is 0 Å². The minimum Gasteiger partial charge on any atom is -0.388 e. The maximum Gasteiger partial charge on any atom is 0.297 e. The van der Waals surface area contributed by atoms with E-state index in [2.05, 4.69) is 17.0 Å². The van der Waals surface area contributed by atoms with Gasteiger partial charge in [-0.3, -0.25) is 4.79 Å². The van der Waals surface area contributed by atoms with E-state index in [4.69, 9.17) is 5.73 Å². The zero-order chi connectivity index (χ0) is 8.65. The van der Waals surface area contributed by atoms with Gasteiger partial charge in [0, 0.05) is 6.08 Å². The molecule has 5 nitrogen and oxygen atoms in total. The Bertz CT molecular complexity index is 365. The van der Waals surface area contributed by atoms with Crippen molar-refractivity contribution in [3.63, 3.8) is 0 Å². The molecule has 0 saturated heterocycles. The summed E-state index contributed by atoms with van der Waals surface area (Å²) in [7, 11) is -3.76. The van der Waals surface area contributed by atoms with Crippen LogP contribution in [0.4, 0.5) is 0 Å². The molecule has 1 aliphatic heterocycles. The molecule has 0 aromatic carbocycles. The molecular weight excluding hydrogens is 188 g/mol. The molecule has 11 heavy (non-hydrogen) atoms. The summed E-state index contributed by atoms with van der Waals surface area (Å²) in [6, 6.07) is 0. The van der Waals surface area contributed by atoms with Gasteiger partial charge in [-0.1, -0.05) is 12.6 Å². The first-order valence-electron chi connectivity index (χ1n) is 2.49. The van der Waals surface area contributed by atoms with Crippen LogP contribution in [0.5, 0.6) is 0 Å². The number of hydrogen-bond acceptors (Lipinski definition) is 4. The molecule has 0 atom stereocenters. The van der Waals surface area contributed by atoms with Crippen molar-refractivity contribution < 1.29 is 13.2 Å². The van der Waals surface area contributed by atoms with E-state index >= 15 is 0 Å². The van der Waals surface area contributed by atoms with Gasteiger partial charge in [0.1, 0.15) is 5.71 Å². The van der Waals surface area contributed by atoms with Gasteiger partial charge in [0.25, 0.3) is 10.0 Å². The van der Waals surface area contributed by atoms with Gasteiger partial charge in [-0.15, -0.1) is 0 Å². The molecule has 0 radical (unpaired) electrons. The molecule has 1 rings (SSSR count). The highest BCUT2D eigenvalue weighted by molar-refractivity contribution is 8.00. The predicted molar refractivity (Wildman–Crippen MR) is 42.6 cm³/mol. The summed E-state index contributed by atoms with van der Waals surface area (Å²) >= 11 is 3.38. The predicted octanol–water partition coefficient (Wildman–Crippen LogP) is -0.973. The standard InChI is InChI=1S/C4H4N2O3S2/c5-3-1-2(4(7)10)6-11(3,8)9/h1H,5H2,(H,7,10). The second-order valence-electron chi connectivity index (χ2n) is 1.80. The van der Waals surface area contributed by atoms with Crippen LogP contribution in [0.3, 0.4) is 0 Å². The monoisotopic (exact) mass is 192 g/mol. The number of carbonyl (C=O) groups is 1. The van der Waals surface area contributed by atoms with Crippen LogP contribution in [-0.2, 0) is 14.8 Å². The van der Waals surface area contributed by atoms with Crippen molar-refractivity contribution in [3.05, 3.63) is 11.1 Å². The molecule has 0 saturated carbocycles. The largest absolute Gasteiger partial charge is 0.388 e. The summed E-state index contributed by atoms with van der Waals surface area (Å²) in [6.45, 7) is 0. The molecule has 7 heteroatoms. The Labute approximate surface area is 68.5 Å². The van der Waals surface area contributed by atoms with E-state index in [1.807, 2.05) is 0 Å². The van der Waals surface area contributed by atoms with Gasteiger partial charge in [-0.05, 0) is 0 Å². The Balaban J connectivity index is 3.22.